The van der Waals surface area contributed by atoms with Crippen LogP contribution in [0.25, 0.3) is 0 Å². The second-order valence-corrected chi connectivity index (χ2v) is 5.20. The zero-order chi connectivity index (χ0) is 13.5. The van der Waals surface area contributed by atoms with Gasteiger partial charge < -0.3 is 15.6 Å². The monoisotopic (exact) mass is 265 g/mol. The van der Waals surface area contributed by atoms with E-state index in [1.807, 2.05) is 0 Å². The van der Waals surface area contributed by atoms with Gasteiger partial charge in [0.05, 0.1) is 12.3 Å². The molecular weight excluding hydrogens is 242 g/mol. The molecule has 1 aromatic heterocycles. The van der Waals surface area contributed by atoms with E-state index in [0.717, 1.165) is 5.69 Å². The topological polar surface area (TPSA) is 81.3 Å². The summed E-state index contributed by atoms with van der Waals surface area (Å²) in [7, 11) is 0. The predicted molar refractivity (Wildman–Crippen MR) is 72.7 cm³/mol. The highest BCUT2D eigenvalue weighted by Gasteiger charge is 2.15. The maximum atomic E-state index is 8.89. The van der Waals surface area contributed by atoms with E-state index in [4.69, 9.17) is 15.6 Å². The van der Waals surface area contributed by atoms with E-state index in [1.165, 1.54) is 32.1 Å². The lowest BCUT2D eigenvalue weighted by molar-refractivity contribution is 0.195. The second-order valence-electron chi connectivity index (χ2n) is 5.20. The van der Waals surface area contributed by atoms with Crippen LogP contribution in [0, 0.1) is 5.92 Å². The maximum Gasteiger partial charge on any atom is 0.316 e. The first kappa shape index (κ1) is 14.2. The van der Waals surface area contributed by atoms with Gasteiger partial charge in [-0.3, -0.25) is 0 Å². The molecule has 5 heteroatoms. The van der Waals surface area contributed by atoms with Crippen molar-refractivity contribution < 1.29 is 9.84 Å². The summed E-state index contributed by atoms with van der Waals surface area (Å²) in [6, 6.07) is 1.91. The van der Waals surface area contributed by atoms with E-state index in [-0.39, 0.29) is 12.6 Å². The molecule has 1 saturated carbocycles. The lowest BCUT2D eigenvalue weighted by Crippen LogP contribution is -2.18. The molecule has 0 radical (unpaired) electrons. The molecule has 2 rings (SSSR count). The number of hydrogen-bond acceptors (Lipinski definition) is 5. The van der Waals surface area contributed by atoms with Crippen LogP contribution in [0.3, 0.4) is 0 Å². The van der Waals surface area contributed by atoms with Crippen LogP contribution in [0.15, 0.2) is 12.3 Å². The Morgan fingerprint density at radius 3 is 2.89 bits per heavy atom. The van der Waals surface area contributed by atoms with Crippen LogP contribution in [0.5, 0.6) is 6.01 Å². The highest BCUT2D eigenvalue weighted by molar-refractivity contribution is 5.09. The fourth-order valence-corrected chi connectivity index (χ4v) is 2.46. The van der Waals surface area contributed by atoms with E-state index in [1.54, 1.807) is 12.3 Å². The van der Waals surface area contributed by atoms with Crippen LogP contribution in [-0.2, 0) is 0 Å². The third-order valence-electron chi connectivity index (χ3n) is 3.65. The zero-order valence-corrected chi connectivity index (χ0v) is 11.3. The van der Waals surface area contributed by atoms with Crippen molar-refractivity contribution in [2.75, 3.05) is 13.2 Å². The molecule has 0 spiro atoms. The normalized spacial score (nSPS) is 18.2. The van der Waals surface area contributed by atoms with Crippen LogP contribution in [0.4, 0.5) is 0 Å². The van der Waals surface area contributed by atoms with Crippen molar-refractivity contribution in [3.63, 3.8) is 0 Å². The van der Waals surface area contributed by atoms with Crippen LogP contribution in [0.1, 0.15) is 50.3 Å². The summed E-state index contributed by atoms with van der Waals surface area (Å²) >= 11 is 0. The standard InChI is InChI=1S/C14H23N3O2/c15-12(7-9-18)13-6-8-16-14(17-13)19-10-11-4-2-1-3-5-11/h6,8,11-12,18H,1-5,7,9-10,15H2. The average molecular weight is 265 g/mol. The van der Waals surface area contributed by atoms with E-state index in [2.05, 4.69) is 9.97 Å². The van der Waals surface area contributed by atoms with Crippen LogP contribution < -0.4 is 10.5 Å². The molecule has 0 aliphatic heterocycles. The first-order valence-corrected chi connectivity index (χ1v) is 7.12. The summed E-state index contributed by atoms with van der Waals surface area (Å²) in [5, 5.41) is 8.89. The van der Waals surface area contributed by atoms with Crippen molar-refractivity contribution in [1.29, 1.82) is 0 Å². The molecule has 0 amide bonds. The molecule has 1 atom stereocenters. The molecule has 1 fully saturated rings. The SMILES string of the molecule is NC(CCO)c1ccnc(OCC2CCCCC2)n1. The largest absolute Gasteiger partial charge is 0.463 e. The van der Waals surface area contributed by atoms with E-state index >= 15 is 0 Å². The summed E-state index contributed by atoms with van der Waals surface area (Å²) in [6.45, 7) is 0.752. The minimum absolute atomic E-state index is 0.0590. The van der Waals surface area contributed by atoms with E-state index in [0.29, 0.717) is 25.0 Å². The number of aliphatic hydroxyl groups excluding tert-OH is 1. The van der Waals surface area contributed by atoms with Crippen molar-refractivity contribution in [3.05, 3.63) is 18.0 Å². The zero-order valence-electron chi connectivity index (χ0n) is 11.3. The molecule has 106 valence electrons. The molecule has 1 aromatic rings. The van der Waals surface area contributed by atoms with Crippen molar-refractivity contribution in [1.82, 2.24) is 9.97 Å². The Balaban J connectivity index is 1.87. The van der Waals surface area contributed by atoms with Gasteiger partial charge in [0.25, 0.3) is 0 Å². The van der Waals surface area contributed by atoms with Crippen molar-refractivity contribution in [2.45, 2.75) is 44.6 Å². The van der Waals surface area contributed by atoms with Gasteiger partial charge in [-0.15, -0.1) is 0 Å². The molecule has 3 N–H and O–H groups in total. The summed E-state index contributed by atoms with van der Waals surface area (Å²) in [4.78, 5) is 8.42. The van der Waals surface area contributed by atoms with Crippen molar-refractivity contribution >= 4 is 0 Å². The molecule has 1 aliphatic carbocycles. The molecule has 0 aromatic carbocycles. The van der Waals surface area contributed by atoms with Gasteiger partial charge in [-0.2, -0.15) is 4.98 Å². The van der Waals surface area contributed by atoms with Crippen LogP contribution in [-0.4, -0.2) is 28.3 Å². The molecule has 0 saturated heterocycles. The van der Waals surface area contributed by atoms with Gasteiger partial charge in [0.1, 0.15) is 0 Å². The van der Waals surface area contributed by atoms with Crippen molar-refractivity contribution in [3.8, 4) is 6.01 Å². The number of aliphatic hydroxyl groups is 1. The quantitative estimate of drug-likeness (QED) is 0.820. The highest BCUT2D eigenvalue weighted by atomic mass is 16.5. The fourth-order valence-electron chi connectivity index (χ4n) is 2.46. The lowest BCUT2D eigenvalue weighted by atomic mass is 9.90. The van der Waals surface area contributed by atoms with E-state index in [9.17, 15) is 0 Å². The summed E-state index contributed by atoms with van der Waals surface area (Å²) < 4.78 is 5.67. The van der Waals surface area contributed by atoms with Crippen LogP contribution in [0.2, 0.25) is 0 Å². The molecule has 0 bridgehead atoms. The van der Waals surface area contributed by atoms with Gasteiger partial charge >= 0.3 is 6.01 Å². The molecule has 19 heavy (non-hydrogen) atoms. The molecule has 5 nitrogen and oxygen atoms in total. The Hall–Kier alpha value is -1.20. The number of hydrogen-bond donors (Lipinski definition) is 2. The Bertz CT molecular complexity index is 381. The van der Waals surface area contributed by atoms with Crippen LogP contribution >= 0.6 is 0 Å². The predicted octanol–water partition coefficient (Wildman–Crippen LogP) is 1.82. The third-order valence-corrected chi connectivity index (χ3v) is 3.65. The summed E-state index contributed by atoms with van der Waals surface area (Å²) in [6.07, 6.45) is 8.59. The maximum absolute atomic E-state index is 8.89. The minimum atomic E-state index is -0.259. The van der Waals surface area contributed by atoms with E-state index < -0.39 is 0 Å². The number of rotatable bonds is 6. The number of aromatic nitrogens is 2. The molecule has 1 unspecified atom stereocenters. The first-order chi connectivity index (χ1) is 9.29. The van der Waals surface area contributed by atoms with Gasteiger partial charge in [0, 0.05) is 18.8 Å². The second kappa shape index (κ2) is 7.40. The third kappa shape index (κ3) is 4.44. The van der Waals surface area contributed by atoms with Crippen molar-refractivity contribution in [2.24, 2.45) is 11.7 Å². The first-order valence-electron chi connectivity index (χ1n) is 7.12. The Morgan fingerprint density at radius 2 is 2.16 bits per heavy atom. The minimum Gasteiger partial charge on any atom is -0.463 e. The fraction of sp³-hybridized carbons (Fsp3) is 0.714. The summed E-state index contributed by atoms with van der Waals surface area (Å²) in [5.41, 5.74) is 6.63. The molecular formula is C14H23N3O2. The van der Waals surface area contributed by atoms with Gasteiger partial charge in [-0.05, 0) is 31.2 Å². The Kier molecular flexibility index (Phi) is 5.54. The molecule has 1 heterocycles. The average Bonchev–Trinajstić information content (AvgIpc) is 2.47. The lowest BCUT2D eigenvalue weighted by Gasteiger charge is -2.21. The smallest absolute Gasteiger partial charge is 0.316 e. The number of ether oxygens (including phenoxy) is 1. The Labute approximate surface area is 114 Å². The number of nitrogens with two attached hydrogens (primary N) is 1. The number of nitrogens with zero attached hydrogens (tertiary/aromatic N) is 2. The van der Waals surface area contributed by atoms with Gasteiger partial charge in [-0.25, -0.2) is 4.98 Å². The van der Waals surface area contributed by atoms with Gasteiger partial charge in [0.15, 0.2) is 0 Å². The van der Waals surface area contributed by atoms with Gasteiger partial charge in [-0.1, -0.05) is 19.3 Å². The molecule has 1 aliphatic rings. The van der Waals surface area contributed by atoms with Gasteiger partial charge in [0.2, 0.25) is 0 Å². The summed E-state index contributed by atoms with van der Waals surface area (Å²) in [5.74, 6) is 0.632. The Morgan fingerprint density at radius 1 is 1.37 bits per heavy atom. The highest BCUT2D eigenvalue weighted by Crippen LogP contribution is 2.24.